The molecule has 0 unspecified atom stereocenters. The molecule has 0 aromatic heterocycles. The summed E-state index contributed by atoms with van der Waals surface area (Å²) in [7, 11) is 0. The smallest absolute Gasteiger partial charge is 0.253 e. The van der Waals surface area contributed by atoms with Crippen LogP contribution in [-0.2, 0) is 4.79 Å². The number of amides is 2. The predicted molar refractivity (Wildman–Crippen MR) is 83.5 cm³/mol. The molecule has 1 aromatic carbocycles. The van der Waals surface area contributed by atoms with E-state index in [2.05, 4.69) is 5.32 Å². The number of likely N-dealkylation sites (tertiary alicyclic amines) is 1. The van der Waals surface area contributed by atoms with Gasteiger partial charge in [-0.2, -0.15) is 0 Å². The van der Waals surface area contributed by atoms with Gasteiger partial charge in [-0.3, -0.25) is 9.59 Å². The van der Waals surface area contributed by atoms with Crippen molar-refractivity contribution in [2.45, 2.75) is 23.5 Å². The van der Waals surface area contributed by atoms with Gasteiger partial charge in [-0.25, -0.2) is 0 Å². The minimum atomic E-state index is -0.0945. The van der Waals surface area contributed by atoms with Crippen LogP contribution in [0.1, 0.15) is 23.7 Å². The summed E-state index contributed by atoms with van der Waals surface area (Å²) in [5.41, 5.74) is 7.03. The van der Waals surface area contributed by atoms with Crippen LogP contribution in [-0.4, -0.2) is 41.6 Å². The molecule has 6 heteroatoms. The summed E-state index contributed by atoms with van der Waals surface area (Å²) in [5, 5.41) is 2.77. The molecule has 2 amide bonds. The Bertz CT molecular complexity index is 590. The topological polar surface area (TPSA) is 75.4 Å². The average Bonchev–Trinajstić information content (AvgIpc) is 2.96. The van der Waals surface area contributed by atoms with Crippen molar-refractivity contribution in [2.24, 2.45) is 11.7 Å². The van der Waals surface area contributed by atoms with Crippen LogP contribution in [0.3, 0.4) is 0 Å². The molecule has 2 atom stereocenters. The van der Waals surface area contributed by atoms with Gasteiger partial charge in [-0.15, -0.1) is 11.8 Å². The largest absolute Gasteiger partial charge is 0.338 e. The number of thioether (sulfide) groups is 1. The van der Waals surface area contributed by atoms with Gasteiger partial charge in [0, 0.05) is 23.5 Å². The third-order valence-electron chi connectivity index (χ3n) is 4.06. The Labute approximate surface area is 128 Å². The van der Waals surface area contributed by atoms with Gasteiger partial charge in [0.25, 0.3) is 5.91 Å². The van der Waals surface area contributed by atoms with E-state index < -0.39 is 0 Å². The lowest BCUT2D eigenvalue weighted by Gasteiger charge is -2.23. The first-order valence-electron chi connectivity index (χ1n) is 7.19. The molecule has 1 saturated heterocycles. The highest BCUT2D eigenvalue weighted by molar-refractivity contribution is 8.00. The molecule has 2 heterocycles. The fourth-order valence-electron chi connectivity index (χ4n) is 2.73. The monoisotopic (exact) mass is 305 g/mol. The normalized spacial score (nSPS) is 24.7. The maximum atomic E-state index is 12.5. The van der Waals surface area contributed by atoms with Crippen LogP contribution in [0.2, 0.25) is 0 Å². The lowest BCUT2D eigenvalue weighted by atomic mass is 10.1. The summed E-state index contributed by atoms with van der Waals surface area (Å²) in [4.78, 5) is 27.1. The Morgan fingerprint density at radius 3 is 3.05 bits per heavy atom. The van der Waals surface area contributed by atoms with E-state index in [0.717, 1.165) is 30.1 Å². The van der Waals surface area contributed by atoms with Crippen molar-refractivity contribution >= 4 is 29.3 Å². The van der Waals surface area contributed by atoms with Crippen molar-refractivity contribution in [1.29, 1.82) is 0 Å². The van der Waals surface area contributed by atoms with Gasteiger partial charge in [0.1, 0.15) is 0 Å². The lowest BCUT2D eigenvalue weighted by Crippen LogP contribution is -2.30. The second-order valence-corrected chi connectivity index (χ2v) is 6.98. The van der Waals surface area contributed by atoms with Gasteiger partial charge in [0.2, 0.25) is 5.91 Å². The van der Waals surface area contributed by atoms with Gasteiger partial charge in [0.15, 0.2) is 0 Å². The Morgan fingerprint density at radius 2 is 2.33 bits per heavy atom. The van der Waals surface area contributed by atoms with Crippen molar-refractivity contribution in [3.63, 3.8) is 0 Å². The second-order valence-electron chi connectivity index (χ2n) is 5.60. The van der Waals surface area contributed by atoms with Crippen molar-refractivity contribution in [3.05, 3.63) is 23.8 Å². The van der Waals surface area contributed by atoms with E-state index in [1.807, 2.05) is 24.0 Å². The Morgan fingerprint density at radius 1 is 1.52 bits per heavy atom. The predicted octanol–water partition coefficient (Wildman–Crippen LogP) is 1.54. The molecule has 5 nitrogen and oxygen atoms in total. The maximum Gasteiger partial charge on any atom is 0.253 e. The highest BCUT2D eigenvalue weighted by atomic mass is 32.2. The number of carbonyl (C=O) groups is 2. The zero-order valence-corrected chi connectivity index (χ0v) is 12.8. The fourth-order valence-corrected chi connectivity index (χ4v) is 3.66. The van der Waals surface area contributed by atoms with Gasteiger partial charge >= 0.3 is 0 Å². The molecule has 112 valence electrons. The Balaban J connectivity index is 1.79. The number of nitrogens with two attached hydrogens (primary N) is 1. The van der Waals surface area contributed by atoms with Crippen LogP contribution >= 0.6 is 11.8 Å². The van der Waals surface area contributed by atoms with Crippen molar-refractivity contribution in [1.82, 2.24) is 4.90 Å². The summed E-state index contributed by atoms with van der Waals surface area (Å²) in [6.45, 7) is 3.98. The molecular formula is C15H19N3O2S. The van der Waals surface area contributed by atoms with Crippen molar-refractivity contribution in [3.8, 4) is 0 Å². The molecule has 1 aromatic rings. The number of hydrogen-bond donors (Lipinski definition) is 2. The van der Waals surface area contributed by atoms with Gasteiger partial charge in [-0.05, 0) is 44.0 Å². The van der Waals surface area contributed by atoms with Gasteiger partial charge in [-0.1, -0.05) is 0 Å². The number of nitrogens with zero attached hydrogens (tertiary/aromatic N) is 1. The van der Waals surface area contributed by atoms with Crippen LogP contribution in [0.4, 0.5) is 5.69 Å². The Kier molecular flexibility index (Phi) is 3.91. The molecule has 21 heavy (non-hydrogen) atoms. The summed E-state index contributed by atoms with van der Waals surface area (Å²) in [5.74, 6) is 0.413. The van der Waals surface area contributed by atoms with Crippen LogP contribution in [0.25, 0.3) is 0 Å². The van der Waals surface area contributed by atoms with Crippen molar-refractivity contribution in [2.75, 3.05) is 25.0 Å². The minimum Gasteiger partial charge on any atom is -0.338 e. The zero-order valence-electron chi connectivity index (χ0n) is 12.0. The number of rotatable bonds is 2. The third-order valence-corrected chi connectivity index (χ3v) is 5.24. The molecule has 0 radical (unpaired) electrons. The molecule has 1 fully saturated rings. The first-order chi connectivity index (χ1) is 10.1. The quantitative estimate of drug-likeness (QED) is 0.869. The molecular weight excluding hydrogens is 286 g/mol. The number of carbonyl (C=O) groups excluding carboxylic acids is 2. The summed E-state index contributed by atoms with van der Waals surface area (Å²) in [6, 6.07) is 5.54. The first-order valence-corrected chi connectivity index (χ1v) is 8.07. The minimum absolute atomic E-state index is 0.0125. The molecule has 2 aliphatic rings. The summed E-state index contributed by atoms with van der Waals surface area (Å²) < 4.78 is 0. The number of benzene rings is 1. The van der Waals surface area contributed by atoms with E-state index in [-0.39, 0.29) is 17.1 Å². The summed E-state index contributed by atoms with van der Waals surface area (Å²) in [6.07, 6.45) is 0.970. The number of nitrogens with one attached hydrogen (secondary N) is 1. The van der Waals surface area contributed by atoms with Crippen molar-refractivity contribution < 1.29 is 9.59 Å². The fraction of sp³-hybridized carbons (Fsp3) is 0.467. The van der Waals surface area contributed by atoms with E-state index in [0.29, 0.717) is 18.0 Å². The lowest BCUT2D eigenvalue weighted by molar-refractivity contribution is -0.115. The molecule has 2 aliphatic heterocycles. The zero-order chi connectivity index (χ0) is 15.0. The van der Waals surface area contributed by atoms with Gasteiger partial charge in [0.05, 0.1) is 10.9 Å². The van der Waals surface area contributed by atoms with E-state index in [1.54, 1.807) is 6.07 Å². The van der Waals surface area contributed by atoms with Crippen LogP contribution in [0, 0.1) is 5.92 Å². The van der Waals surface area contributed by atoms with E-state index in [9.17, 15) is 9.59 Å². The molecule has 3 N–H and O–H groups in total. The first kappa shape index (κ1) is 14.4. The van der Waals surface area contributed by atoms with E-state index >= 15 is 0 Å². The Hall–Kier alpha value is -1.53. The van der Waals surface area contributed by atoms with E-state index in [4.69, 9.17) is 5.73 Å². The molecule has 0 saturated carbocycles. The average molecular weight is 305 g/mol. The highest BCUT2D eigenvalue weighted by Crippen LogP contribution is 2.36. The number of fused-ring (bicyclic) bond motifs is 1. The second kappa shape index (κ2) is 5.69. The summed E-state index contributed by atoms with van der Waals surface area (Å²) >= 11 is 1.52. The molecule has 0 spiro atoms. The highest BCUT2D eigenvalue weighted by Gasteiger charge is 2.28. The van der Waals surface area contributed by atoms with Crippen LogP contribution in [0.5, 0.6) is 0 Å². The number of hydrogen-bond acceptors (Lipinski definition) is 4. The number of anilines is 1. The SMILES string of the molecule is C[C@@H]1Sc2ccc(C(=O)N3CC[C@H](CN)C3)cc2NC1=O. The van der Waals surface area contributed by atoms with E-state index in [1.165, 1.54) is 11.8 Å². The molecule has 3 rings (SSSR count). The standard InChI is InChI=1S/C15H19N3O2S/c1-9-14(19)17-12-6-11(2-3-13(12)21-9)15(20)18-5-4-10(7-16)8-18/h2-3,6,9-10H,4-5,7-8,16H2,1H3,(H,17,19)/t9-,10+/m0/s1. The van der Waals surface area contributed by atoms with Crippen LogP contribution < -0.4 is 11.1 Å². The van der Waals surface area contributed by atoms with Gasteiger partial charge < -0.3 is 16.0 Å². The van der Waals surface area contributed by atoms with Crippen LogP contribution in [0.15, 0.2) is 23.1 Å². The molecule has 0 aliphatic carbocycles. The maximum absolute atomic E-state index is 12.5. The molecule has 0 bridgehead atoms. The third kappa shape index (κ3) is 2.78.